The number of pyridine rings is 1. The largest absolute Gasteiger partial charge is 0.489 e. The van der Waals surface area contributed by atoms with Crippen LogP contribution in [0.3, 0.4) is 0 Å². The molecule has 0 aliphatic heterocycles. The molecule has 0 unspecified atom stereocenters. The van der Waals surface area contributed by atoms with E-state index >= 15 is 0 Å². The Morgan fingerprint density at radius 1 is 1.57 bits per heavy atom. The Bertz CT molecular complexity index is 749. The van der Waals surface area contributed by atoms with Crippen molar-refractivity contribution in [1.29, 1.82) is 0 Å². The van der Waals surface area contributed by atoms with E-state index in [4.69, 9.17) is 21.4 Å². The first-order valence-corrected chi connectivity index (χ1v) is 6.03. The average molecular weight is 312 g/mol. The Morgan fingerprint density at radius 3 is 2.76 bits per heavy atom. The lowest BCUT2D eigenvalue weighted by Gasteiger charge is -2.18. The molecule has 0 fully saturated rings. The minimum Gasteiger partial charge on any atom is -0.489 e. The molecule has 21 heavy (non-hydrogen) atoms. The number of carbonyl (C=O) groups is 1. The van der Waals surface area contributed by atoms with Crippen LogP contribution in [0.2, 0.25) is 5.02 Å². The first-order chi connectivity index (χ1) is 9.90. The van der Waals surface area contributed by atoms with Crippen LogP contribution in [0.5, 0.6) is 5.75 Å². The predicted octanol–water partition coefficient (Wildman–Crippen LogP) is 2.92. The van der Waals surface area contributed by atoms with Crippen molar-refractivity contribution in [2.24, 2.45) is 0 Å². The van der Waals surface area contributed by atoms with Crippen molar-refractivity contribution in [3.63, 3.8) is 0 Å². The highest BCUT2D eigenvalue weighted by Gasteiger charge is 2.32. The van der Waals surface area contributed by atoms with Crippen molar-refractivity contribution in [3.05, 3.63) is 33.5 Å². The fraction of sp³-hybridized carbons (Fsp3) is 0.167. The molecule has 1 heterocycles. The molecule has 2 rings (SSSR count). The molecular formula is C12H10ClN3O5. The van der Waals surface area contributed by atoms with Crippen molar-refractivity contribution in [2.75, 3.05) is 19.1 Å². The summed E-state index contributed by atoms with van der Waals surface area (Å²) in [5.74, 6) is -0.136. The Balaban J connectivity index is 3.01. The smallest absolute Gasteiger partial charge is 0.411 e. The van der Waals surface area contributed by atoms with Gasteiger partial charge in [0.25, 0.3) is 0 Å². The molecule has 1 aromatic carbocycles. The summed E-state index contributed by atoms with van der Waals surface area (Å²) in [5, 5.41) is 20.7. The number of ether oxygens (including phenoxy) is 1. The fourth-order valence-corrected chi connectivity index (χ4v) is 2.35. The van der Waals surface area contributed by atoms with Crippen LogP contribution in [0.4, 0.5) is 16.2 Å². The zero-order valence-corrected chi connectivity index (χ0v) is 11.8. The summed E-state index contributed by atoms with van der Waals surface area (Å²) in [7, 11) is 2.41. The third kappa shape index (κ3) is 2.29. The monoisotopic (exact) mass is 311 g/mol. The van der Waals surface area contributed by atoms with E-state index in [-0.39, 0.29) is 22.0 Å². The van der Waals surface area contributed by atoms with Crippen LogP contribution in [0.15, 0.2) is 18.3 Å². The Kier molecular flexibility index (Phi) is 3.81. The second-order valence-electron chi connectivity index (χ2n) is 4.04. The van der Waals surface area contributed by atoms with Crippen molar-refractivity contribution in [3.8, 4) is 5.75 Å². The number of hydrogen-bond donors (Lipinski definition) is 1. The number of nitro groups is 1. The number of amides is 1. The minimum atomic E-state index is -1.38. The Morgan fingerprint density at radius 2 is 2.24 bits per heavy atom. The Labute approximate surface area is 123 Å². The molecule has 110 valence electrons. The number of nitro benzene ring substituents is 1. The summed E-state index contributed by atoms with van der Waals surface area (Å²) in [6.45, 7) is 0. The quantitative estimate of drug-likeness (QED) is 0.690. The molecule has 1 aromatic heterocycles. The van der Waals surface area contributed by atoms with E-state index in [0.29, 0.717) is 10.3 Å². The predicted molar refractivity (Wildman–Crippen MR) is 76.4 cm³/mol. The van der Waals surface area contributed by atoms with E-state index in [1.54, 1.807) is 12.1 Å². The van der Waals surface area contributed by atoms with Crippen LogP contribution in [-0.4, -0.2) is 35.3 Å². The number of rotatable bonds is 3. The molecule has 0 aliphatic carbocycles. The van der Waals surface area contributed by atoms with Gasteiger partial charge in [0.2, 0.25) is 5.75 Å². The number of halogens is 1. The summed E-state index contributed by atoms with van der Waals surface area (Å²) in [6, 6.07) is 3.17. The van der Waals surface area contributed by atoms with Crippen molar-refractivity contribution >= 4 is 40.0 Å². The van der Waals surface area contributed by atoms with Crippen molar-refractivity contribution in [2.45, 2.75) is 0 Å². The SMILES string of the molecule is COc1c([N+](=O)[O-])c(N(C)C(=O)O)c(Cl)c2cccnc12. The number of hydrogen-bond acceptors (Lipinski definition) is 5. The highest BCUT2D eigenvalue weighted by atomic mass is 35.5. The molecule has 9 heteroatoms. The molecule has 0 radical (unpaired) electrons. The van der Waals surface area contributed by atoms with E-state index in [2.05, 4.69) is 4.98 Å². The topological polar surface area (TPSA) is 106 Å². The van der Waals surface area contributed by atoms with Crippen LogP contribution < -0.4 is 9.64 Å². The zero-order valence-electron chi connectivity index (χ0n) is 11.0. The normalized spacial score (nSPS) is 10.4. The van der Waals surface area contributed by atoms with Gasteiger partial charge in [0.1, 0.15) is 11.2 Å². The van der Waals surface area contributed by atoms with Gasteiger partial charge >= 0.3 is 11.8 Å². The second kappa shape index (κ2) is 5.41. The molecule has 0 spiro atoms. The number of nitrogens with zero attached hydrogens (tertiary/aromatic N) is 3. The third-order valence-corrected chi connectivity index (χ3v) is 3.30. The molecule has 0 atom stereocenters. The summed E-state index contributed by atoms with van der Waals surface area (Å²) < 4.78 is 5.06. The van der Waals surface area contributed by atoms with Gasteiger partial charge in [-0.05, 0) is 12.1 Å². The number of aromatic nitrogens is 1. The van der Waals surface area contributed by atoms with Gasteiger partial charge in [0.15, 0.2) is 0 Å². The lowest BCUT2D eigenvalue weighted by molar-refractivity contribution is -0.384. The van der Waals surface area contributed by atoms with E-state index in [9.17, 15) is 14.9 Å². The molecular weight excluding hydrogens is 302 g/mol. The second-order valence-corrected chi connectivity index (χ2v) is 4.42. The number of carboxylic acid groups (broad SMARTS) is 1. The van der Waals surface area contributed by atoms with Crippen LogP contribution in [0.1, 0.15) is 0 Å². The zero-order chi connectivity index (χ0) is 15.7. The molecule has 2 aromatic rings. The van der Waals surface area contributed by atoms with Gasteiger partial charge in [-0.1, -0.05) is 11.6 Å². The number of benzene rings is 1. The maximum atomic E-state index is 11.3. The highest BCUT2D eigenvalue weighted by Crippen LogP contribution is 2.47. The summed E-state index contributed by atoms with van der Waals surface area (Å²) in [5.41, 5.74) is -0.607. The molecule has 0 bridgehead atoms. The number of fused-ring (bicyclic) bond motifs is 1. The van der Waals surface area contributed by atoms with Crippen molar-refractivity contribution < 1.29 is 19.6 Å². The maximum absolute atomic E-state index is 11.3. The van der Waals surface area contributed by atoms with Gasteiger partial charge in [-0.25, -0.2) is 4.79 Å². The van der Waals surface area contributed by atoms with Crippen LogP contribution >= 0.6 is 11.6 Å². The van der Waals surface area contributed by atoms with Gasteiger partial charge in [-0.2, -0.15) is 0 Å². The van der Waals surface area contributed by atoms with E-state index in [0.717, 1.165) is 7.05 Å². The number of methoxy groups -OCH3 is 1. The van der Waals surface area contributed by atoms with E-state index < -0.39 is 16.7 Å². The molecule has 1 N–H and O–H groups in total. The van der Waals surface area contributed by atoms with Gasteiger partial charge in [-0.15, -0.1) is 0 Å². The van der Waals surface area contributed by atoms with Crippen LogP contribution in [-0.2, 0) is 0 Å². The van der Waals surface area contributed by atoms with Crippen LogP contribution in [0, 0.1) is 10.1 Å². The lowest BCUT2D eigenvalue weighted by Crippen LogP contribution is -2.25. The van der Waals surface area contributed by atoms with Gasteiger partial charge in [0, 0.05) is 18.6 Å². The van der Waals surface area contributed by atoms with E-state index in [1.165, 1.54) is 13.3 Å². The van der Waals surface area contributed by atoms with Gasteiger partial charge in [-0.3, -0.25) is 20.0 Å². The average Bonchev–Trinajstić information content (AvgIpc) is 2.46. The van der Waals surface area contributed by atoms with Gasteiger partial charge < -0.3 is 9.84 Å². The number of anilines is 1. The van der Waals surface area contributed by atoms with Crippen LogP contribution in [0.25, 0.3) is 10.9 Å². The molecule has 8 nitrogen and oxygen atoms in total. The van der Waals surface area contributed by atoms with Crippen molar-refractivity contribution in [1.82, 2.24) is 4.98 Å². The third-order valence-electron chi connectivity index (χ3n) is 2.92. The highest BCUT2D eigenvalue weighted by molar-refractivity contribution is 6.39. The summed E-state index contributed by atoms with van der Waals surface area (Å²) in [6.07, 6.45) is 0.0520. The molecule has 1 amide bonds. The minimum absolute atomic E-state index is 0.0736. The first-order valence-electron chi connectivity index (χ1n) is 5.65. The van der Waals surface area contributed by atoms with E-state index in [1.807, 2.05) is 0 Å². The standard InChI is InChI=1S/C12H10ClN3O5/c1-15(12(17)18)9-7(13)6-4-3-5-14-8(6)11(21-2)10(9)16(19)20/h3-5H,1-2H3,(H,17,18). The fourth-order valence-electron chi connectivity index (χ4n) is 1.98. The molecule has 0 aliphatic rings. The first kappa shape index (κ1) is 14.8. The maximum Gasteiger partial charge on any atom is 0.411 e. The van der Waals surface area contributed by atoms with Gasteiger partial charge in [0.05, 0.1) is 17.1 Å². The molecule has 0 saturated carbocycles. The molecule has 0 saturated heterocycles. The summed E-state index contributed by atoms with van der Waals surface area (Å²) >= 11 is 6.15. The Hall–Kier alpha value is -2.61. The lowest BCUT2D eigenvalue weighted by atomic mass is 10.1. The summed E-state index contributed by atoms with van der Waals surface area (Å²) in [4.78, 5) is 26.4.